The smallest absolute Gasteiger partial charge is 0.216 e. The zero-order chi connectivity index (χ0) is 15.4. The summed E-state index contributed by atoms with van der Waals surface area (Å²) < 4.78 is 0. The lowest BCUT2D eigenvalue weighted by Crippen LogP contribution is -2.30. The van der Waals surface area contributed by atoms with E-state index in [4.69, 9.17) is 22.9 Å². The second kappa shape index (κ2) is 12.6. The van der Waals surface area contributed by atoms with Crippen LogP contribution in [0, 0.1) is 0 Å². The van der Waals surface area contributed by atoms with Crippen LogP contribution < -0.4 is 22.9 Å². The van der Waals surface area contributed by atoms with E-state index in [0.29, 0.717) is 25.9 Å². The van der Waals surface area contributed by atoms with E-state index in [1.807, 2.05) is 0 Å². The third-order valence-electron chi connectivity index (χ3n) is 2.75. The maximum absolute atomic E-state index is 11.7. The molecule has 0 bridgehead atoms. The summed E-state index contributed by atoms with van der Waals surface area (Å²) in [5, 5.41) is -0.371. The van der Waals surface area contributed by atoms with Gasteiger partial charge >= 0.3 is 0 Å². The third kappa shape index (κ3) is 9.73. The van der Waals surface area contributed by atoms with E-state index in [0.717, 1.165) is 47.3 Å². The second-order valence-corrected chi connectivity index (χ2v) is 6.72. The van der Waals surface area contributed by atoms with Crippen molar-refractivity contribution < 1.29 is 9.59 Å². The summed E-state index contributed by atoms with van der Waals surface area (Å²) in [6.07, 6.45) is 4.54. The predicted molar refractivity (Wildman–Crippen MR) is 87.0 cm³/mol. The van der Waals surface area contributed by atoms with Crippen molar-refractivity contribution in [3.63, 3.8) is 0 Å². The van der Waals surface area contributed by atoms with Gasteiger partial charge < -0.3 is 22.9 Å². The van der Waals surface area contributed by atoms with Crippen LogP contribution in [-0.2, 0) is 9.59 Å². The number of unbranched alkanes of at least 4 members (excludes halogenated alkanes) is 2. The molecule has 0 saturated carbocycles. The third-order valence-corrected chi connectivity index (χ3v) is 5.00. The Kier molecular flexibility index (Phi) is 12.5. The van der Waals surface area contributed by atoms with E-state index in [1.165, 1.54) is 0 Å². The summed E-state index contributed by atoms with van der Waals surface area (Å²) in [5.74, 6) is 0. The first-order valence-corrected chi connectivity index (χ1v) is 9.01. The number of rotatable bonds is 10. The molecule has 8 heteroatoms. The van der Waals surface area contributed by atoms with Gasteiger partial charge in [-0.2, -0.15) is 0 Å². The Balaban J connectivity index is 3.83. The largest absolute Gasteiger partial charge is 0.330 e. The standard InChI is InChI=1S/C12H26N4O2S2/c13-7-3-1-5-9(15)11(17)19-20-12(18)10(16)6-2-4-8-14/h9-10H,1-8,13-16H2/t9-,10-/m0/s1. The van der Waals surface area contributed by atoms with Crippen molar-refractivity contribution in [2.75, 3.05) is 13.1 Å². The Labute approximate surface area is 128 Å². The van der Waals surface area contributed by atoms with Gasteiger partial charge in [0, 0.05) is 0 Å². The number of nitrogens with two attached hydrogens (primary N) is 4. The van der Waals surface area contributed by atoms with Crippen LogP contribution in [0.4, 0.5) is 0 Å². The van der Waals surface area contributed by atoms with Crippen LogP contribution in [0.5, 0.6) is 0 Å². The van der Waals surface area contributed by atoms with Crippen molar-refractivity contribution >= 4 is 31.8 Å². The van der Waals surface area contributed by atoms with E-state index in [-0.39, 0.29) is 10.2 Å². The first-order valence-electron chi connectivity index (χ1n) is 6.86. The first kappa shape index (κ1) is 19.9. The Bertz CT molecular complexity index is 265. The number of hydrogen-bond donors (Lipinski definition) is 4. The molecule has 0 aliphatic heterocycles. The summed E-state index contributed by atoms with van der Waals surface area (Å²) >= 11 is 0. The van der Waals surface area contributed by atoms with Crippen LogP contribution in [0.15, 0.2) is 0 Å². The lowest BCUT2D eigenvalue weighted by molar-refractivity contribution is -0.113. The van der Waals surface area contributed by atoms with Crippen LogP contribution >= 0.6 is 21.6 Å². The van der Waals surface area contributed by atoms with Crippen LogP contribution in [0.2, 0.25) is 0 Å². The van der Waals surface area contributed by atoms with Gasteiger partial charge in [-0.1, -0.05) is 12.8 Å². The van der Waals surface area contributed by atoms with Gasteiger partial charge in [-0.15, -0.1) is 0 Å². The zero-order valence-corrected chi connectivity index (χ0v) is 13.4. The normalized spacial score (nSPS) is 14.0. The average molecular weight is 323 g/mol. The molecule has 0 heterocycles. The molecule has 118 valence electrons. The number of carbonyl (C=O) groups excluding carboxylic acids is 2. The molecule has 8 N–H and O–H groups in total. The minimum Gasteiger partial charge on any atom is -0.330 e. The lowest BCUT2D eigenvalue weighted by atomic mass is 10.1. The monoisotopic (exact) mass is 322 g/mol. The van der Waals surface area contributed by atoms with E-state index in [1.54, 1.807) is 0 Å². The molecule has 0 fully saturated rings. The van der Waals surface area contributed by atoms with E-state index in [2.05, 4.69) is 0 Å². The van der Waals surface area contributed by atoms with Crippen molar-refractivity contribution in [3.05, 3.63) is 0 Å². The maximum atomic E-state index is 11.7. The summed E-state index contributed by atoms with van der Waals surface area (Å²) in [6.45, 7) is 1.19. The molecule has 0 unspecified atom stereocenters. The minimum absolute atomic E-state index is 0.186. The van der Waals surface area contributed by atoms with Gasteiger partial charge in [-0.3, -0.25) is 9.59 Å². The summed E-state index contributed by atoms with van der Waals surface area (Å²) in [6, 6.07) is -1.08. The summed E-state index contributed by atoms with van der Waals surface area (Å²) in [4.78, 5) is 23.4. The molecule has 0 amide bonds. The molecule has 0 radical (unpaired) electrons. The van der Waals surface area contributed by atoms with Gasteiger partial charge in [0.25, 0.3) is 0 Å². The molecule has 0 aliphatic rings. The second-order valence-electron chi connectivity index (χ2n) is 4.59. The van der Waals surface area contributed by atoms with Crippen molar-refractivity contribution in [3.8, 4) is 0 Å². The fourth-order valence-corrected chi connectivity index (χ4v) is 3.34. The van der Waals surface area contributed by atoms with Gasteiger partial charge in [0.1, 0.15) is 0 Å². The van der Waals surface area contributed by atoms with Crippen molar-refractivity contribution in [2.24, 2.45) is 22.9 Å². The number of carbonyl (C=O) groups is 2. The molecule has 0 aliphatic carbocycles. The topological polar surface area (TPSA) is 138 Å². The maximum Gasteiger partial charge on any atom is 0.216 e. The molecule has 6 nitrogen and oxygen atoms in total. The first-order chi connectivity index (χ1) is 9.52. The molecule has 2 atom stereocenters. The quantitative estimate of drug-likeness (QED) is 0.333. The van der Waals surface area contributed by atoms with Crippen LogP contribution in [-0.4, -0.2) is 35.4 Å². The fourth-order valence-electron chi connectivity index (χ4n) is 1.46. The summed E-state index contributed by atoms with van der Waals surface area (Å²) in [5.41, 5.74) is 22.2. The average Bonchev–Trinajstić information content (AvgIpc) is 2.44. The van der Waals surface area contributed by atoms with Crippen molar-refractivity contribution in [1.82, 2.24) is 0 Å². The Morgan fingerprint density at radius 1 is 0.750 bits per heavy atom. The molecule has 0 rings (SSSR count). The Morgan fingerprint density at radius 3 is 1.40 bits per heavy atom. The van der Waals surface area contributed by atoms with Gasteiger partial charge in [0.15, 0.2) is 0 Å². The minimum atomic E-state index is -0.541. The van der Waals surface area contributed by atoms with Gasteiger partial charge in [0.2, 0.25) is 10.2 Å². The molecule has 0 aromatic heterocycles. The van der Waals surface area contributed by atoms with E-state index < -0.39 is 12.1 Å². The molecule has 0 spiro atoms. The molecule has 20 heavy (non-hydrogen) atoms. The van der Waals surface area contributed by atoms with Crippen LogP contribution in [0.3, 0.4) is 0 Å². The Morgan fingerprint density at radius 2 is 1.10 bits per heavy atom. The molecule has 0 saturated heterocycles. The highest BCUT2D eigenvalue weighted by atomic mass is 33.1. The highest BCUT2D eigenvalue weighted by Gasteiger charge is 2.19. The highest BCUT2D eigenvalue weighted by molar-refractivity contribution is 8.87. The van der Waals surface area contributed by atoms with Gasteiger partial charge in [-0.25, -0.2) is 0 Å². The fraction of sp³-hybridized carbons (Fsp3) is 0.833. The predicted octanol–water partition coefficient (Wildman–Crippen LogP) is 0.334. The zero-order valence-electron chi connectivity index (χ0n) is 11.8. The van der Waals surface area contributed by atoms with E-state index in [9.17, 15) is 9.59 Å². The Hall–Kier alpha value is -0.120. The van der Waals surface area contributed by atoms with Gasteiger partial charge in [0.05, 0.1) is 12.1 Å². The summed E-state index contributed by atoms with van der Waals surface area (Å²) in [7, 11) is 1.77. The highest BCUT2D eigenvalue weighted by Crippen LogP contribution is 2.26. The molecule has 0 aromatic rings. The van der Waals surface area contributed by atoms with E-state index >= 15 is 0 Å². The number of hydrogen-bond acceptors (Lipinski definition) is 8. The van der Waals surface area contributed by atoms with Crippen molar-refractivity contribution in [1.29, 1.82) is 0 Å². The van der Waals surface area contributed by atoms with Crippen LogP contribution in [0.25, 0.3) is 0 Å². The van der Waals surface area contributed by atoms with Crippen molar-refractivity contribution in [2.45, 2.75) is 50.6 Å². The lowest BCUT2D eigenvalue weighted by Gasteiger charge is -2.11. The molecular formula is C12H26N4O2S2. The van der Waals surface area contributed by atoms with Gasteiger partial charge in [-0.05, 0) is 60.4 Å². The SMILES string of the molecule is NCCCC[C@H](N)C(=O)SSC(=O)[C@@H](N)CCCCN. The molecular weight excluding hydrogens is 296 g/mol. The van der Waals surface area contributed by atoms with Crippen LogP contribution in [0.1, 0.15) is 38.5 Å². The molecule has 0 aromatic carbocycles.